The summed E-state index contributed by atoms with van der Waals surface area (Å²) in [5.41, 5.74) is 3.13. The third-order valence-electron chi connectivity index (χ3n) is 5.75. The number of ether oxygens (including phenoxy) is 1. The van der Waals surface area contributed by atoms with Gasteiger partial charge in [0.15, 0.2) is 0 Å². The molecule has 2 aromatic carbocycles. The molecule has 0 fully saturated rings. The van der Waals surface area contributed by atoms with Crippen LogP contribution < -0.4 is 10.1 Å². The van der Waals surface area contributed by atoms with Gasteiger partial charge in [-0.25, -0.2) is 0 Å². The Hall–Kier alpha value is -3.26. The number of H-pyrrole nitrogens is 1. The van der Waals surface area contributed by atoms with Gasteiger partial charge in [0, 0.05) is 42.2 Å². The van der Waals surface area contributed by atoms with Crippen molar-refractivity contribution in [2.24, 2.45) is 0 Å². The molecule has 0 aliphatic heterocycles. The molecule has 0 radical (unpaired) electrons. The van der Waals surface area contributed by atoms with E-state index in [-0.39, 0.29) is 17.7 Å². The van der Waals surface area contributed by atoms with E-state index in [4.69, 9.17) is 0 Å². The Morgan fingerprint density at radius 2 is 2.00 bits per heavy atom. The maximum atomic E-state index is 13.2. The number of carbonyl (C=O) groups excluding carboxylic acids is 1. The van der Waals surface area contributed by atoms with Crippen LogP contribution in [0.4, 0.5) is 13.2 Å². The number of hydrogen-bond donors (Lipinski definition) is 2. The average Bonchev–Trinajstić information content (AvgIpc) is 3.22. The predicted octanol–water partition coefficient (Wildman–Crippen LogP) is 5.75. The van der Waals surface area contributed by atoms with Crippen LogP contribution in [0, 0.1) is 0 Å². The summed E-state index contributed by atoms with van der Waals surface area (Å²) in [6.45, 7) is 2.91. The molecule has 1 aliphatic carbocycles. The number of nitrogens with zero attached hydrogens (tertiary/aromatic N) is 1. The second kappa shape index (κ2) is 9.70. The number of rotatable bonds is 7. The lowest BCUT2D eigenvalue weighted by molar-refractivity contribution is -0.274. The summed E-state index contributed by atoms with van der Waals surface area (Å²) in [5.74, 6) is -0.301. The molecule has 1 amide bonds. The number of benzene rings is 2. The lowest BCUT2D eigenvalue weighted by Gasteiger charge is -2.31. The summed E-state index contributed by atoms with van der Waals surface area (Å²) in [4.78, 5) is 18.2. The SMILES string of the molecule is CCN(C(=O)c1cc2ccccc2[nH]1)C1=CCCC(NCc2cccc(OC(F)(F)F)c2)C1. The van der Waals surface area contributed by atoms with Gasteiger partial charge in [-0.1, -0.05) is 36.4 Å². The summed E-state index contributed by atoms with van der Waals surface area (Å²) in [6, 6.07) is 15.7. The number of hydrogen-bond acceptors (Lipinski definition) is 3. The number of fused-ring (bicyclic) bond motifs is 1. The highest BCUT2D eigenvalue weighted by Gasteiger charge is 2.31. The Morgan fingerprint density at radius 1 is 1.18 bits per heavy atom. The van der Waals surface area contributed by atoms with Crippen molar-refractivity contribution >= 4 is 16.8 Å². The zero-order chi connectivity index (χ0) is 23.4. The number of aromatic nitrogens is 1. The molecule has 3 aromatic rings. The quantitative estimate of drug-likeness (QED) is 0.475. The van der Waals surface area contributed by atoms with E-state index < -0.39 is 6.36 Å². The third kappa shape index (κ3) is 5.76. The highest BCUT2D eigenvalue weighted by atomic mass is 19.4. The minimum atomic E-state index is -4.71. The van der Waals surface area contributed by atoms with E-state index in [1.807, 2.05) is 37.3 Å². The maximum absolute atomic E-state index is 13.2. The van der Waals surface area contributed by atoms with Crippen LogP contribution >= 0.6 is 0 Å². The van der Waals surface area contributed by atoms with Crippen LogP contribution in [0.25, 0.3) is 10.9 Å². The number of allylic oxidation sites excluding steroid dienone is 1. The average molecular weight is 457 g/mol. The molecule has 0 saturated heterocycles. The van der Waals surface area contributed by atoms with Crippen LogP contribution in [0.15, 0.2) is 66.4 Å². The largest absolute Gasteiger partial charge is 0.573 e. The lowest BCUT2D eigenvalue weighted by Crippen LogP contribution is -2.37. The van der Waals surface area contributed by atoms with Gasteiger partial charge in [-0.3, -0.25) is 4.79 Å². The molecule has 1 atom stereocenters. The smallest absolute Gasteiger partial charge is 0.406 e. The first-order chi connectivity index (χ1) is 15.8. The standard InChI is InChI=1S/C25H26F3N3O2/c1-2-31(24(32)23-14-18-8-3-4-12-22(18)30-23)20-10-6-9-19(15-20)29-16-17-7-5-11-21(13-17)33-25(26,27)28/h3-5,7-8,10-14,19,29-30H,2,6,9,15-16H2,1H3. The molecule has 4 rings (SSSR count). The van der Waals surface area contributed by atoms with Gasteiger partial charge < -0.3 is 19.9 Å². The number of alkyl halides is 3. The molecule has 8 heteroatoms. The number of para-hydroxylation sites is 1. The summed E-state index contributed by atoms with van der Waals surface area (Å²) < 4.78 is 41.4. The number of halogens is 3. The minimum absolute atomic E-state index is 0.0717. The fourth-order valence-electron chi connectivity index (χ4n) is 4.21. The van der Waals surface area contributed by atoms with Gasteiger partial charge in [0.2, 0.25) is 0 Å². The van der Waals surface area contributed by atoms with Gasteiger partial charge in [0.1, 0.15) is 11.4 Å². The van der Waals surface area contributed by atoms with Crippen LogP contribution in [-0.2, 0) is 6.54 Å². The molecule has 1 aliphatic rings. The van der Waals surface area contributed by atoms with Crippen LogP contribution in [-0.4, -0.2) is 34.7 Å². The van der Waals surface area contributed by atoms with E-state index in [2.05, 4.69) is 21.1 Å². The highest BCUT2D eigenvalue weighted by molar-refractivity contribution is 5.98. The summed E-state index contributed by atoms with van der Waals surface area (Å²) in [6.07, 6.45) is -0.240. The van der Waals surface area contributed by atoms with Crippen LogP contribution in [0.2, 0.25) is 0 Å². The summed E-state index contributed by atoms with van der Waals surface area (Å²) in [5, 5.41) is 4.41. The van der Waals surface area contributed by atoms with Crippen molar-refractivity contribution < 1.29 is 22.7 Å². The molecule has 33 heavy (non-hydrogen) atoms. The number of nitrogens with one attached hydrogen (secondary N) is 2. The predicted molar refractivity (Wildman–Crippen MR) is 121 cm³/mol. The summed E-state index contributed by atoms with van der Waals surface area (Å²) in [7, 11) is 0. The molecule has 0 saturated carbocycles. The van der Waals surface area contributed by atoms with E-state index in [0.29, 0.717) is 30.8 Å². The fraction of sp³-hybridized carbons (Fsp3) is 0.320. The molecular weight excluding hydrogens is 431 g/mol. The number of carbonyl (C=O) groups is 1. The zero-order valence-electron chi connectivity index (χ0n) is 18.3. The molecule has 1 aromatic heterocycles. The van der Waals surface area contributed by atoms with Crippen molar-refractivity contribution in [3.05, 3.63) is 77.6 Å². The molecule has 1 unspecified atom stereocenters. The van der Waals surface area contributed by atoms with Crippen LogP contribution in [0.1, 0.15) is 42.2 Å². The number of aromatic amines is 1. The lowest BCUT2D eigenvalue weighted by atomic mass is 9.97. The Morgan fingerprint density at radius 3 is 2.76 bits per heavy atom. The van der Waals surface area contributed by atoms with E-state index in [9.17, 15) is 18.0 Å². The van der Waals surface area contributed by atoms with Crippen LogP contribution in [0.5, 0.6) is 5.75 Å². The van der Waals surface area contributed by atoms with E-state index >= 15 is 0 Å². The molecule has 1 heterocycles. The molecule has 174 valence electrons. The minimum Gasteiger partial charge on any atom is -0.406 e. The highest BCUT2D eigenvalue weighted by Crippen LogP contribution is 2.26. The van der Waals surface area contributed by atoms with Gasteiger partial charge in [0.25, 0.3) is 5.91 Å². The Labute approximate surface area is 190 Å². The van der Waals surface area contributed by atoms with Crippen molar-refractivity contribution in [3.63, 3.8) is 0 Å². The monoisotopic (exact) mass is 457 g/mol. The topological polar surface area (TPSA) is 57.4 Å². The Kier molecular flexibility index (Phi) is 6.74. The van der Waals surface area contributed by atoms with E-state index in [1.54, 1.807) is 17.0 Å². The van der Waals surface area contributed by atoms with Crippen molar-refractivity contribution in [2.75, 3.05) is 6.54 Å². The summed E-state index contributed by atoms with van der Waals surface area (Å²) >= 11 is 0. The molecule has 2 N–H and O–H groups in total. The molecule has 5 nitrogen and oxygen atoms in total. The molecular formula is C25H26F3N3O2. The second-order valence-electron chi connectivity index (χ2n) is 8.07. The van der Waals surface area contributed by atoms with Crippen molar-refractivity contribution in [3.8, 4) is 5.75 Å². The Bertz CT molecular complexity index is 1120. The van der Waals surface area contributed by atoms with Gasteiger partial charge in [0.05, 0.1) is 0 Å². The first kappa shape index (κ1) is 22.9. The maximum Gasteiger partial charge on any atom is 0.573 e. The van der Waals surface area contributed by atoms with Gasteiger partial charge in [-0.05, 0) is 49.6 Å². The van der Waals surface area contributed by atoms with Crippen molar-refractivity contribution in [1.82, 2.24) is 15.2 Å². The van der Waals surface area contributed by atoms with Gasteiger partial charge >= 0.3 is 6.36 Å². The molecule has 0 bridgehead atoms. The van der Waals surface area contributed by atoms with Gasteiger partial charge in [-0.15, -0.1) is 13.2 Å². The zero-order valence-corrected chi connectivity index (χ0v) is 18.3. The normalized spacial score (nSPS) is 16.5. The Balaban J connectivity index is 1.39. The third-order valence-corrected chi connectivity index (χ3v) is 5.75. The van der Waals surface area contributed by atoms with Crippen molar-refractivity contribution in [1.29, 1.82) is 0 Å². The fourth-order valence-corrected chi connectivity index (χ4v) is 4.21. The first-order valence-electron chi connectivity index (χ1n) is 11.0. The second-order valence-corrected chi connectivity index (χ2v) is 8.07. The van der Waals surface area contributed by atoms with Gasteiger partial charge in [-0.2, -0.15) is 0 Å². The van der Waals surface area contributed by atoms with E-state index in [1.165, 1.54) is 12.1 Å². The number of amides is 1. The molecule has 0 spiro atoms. The van der Waals surface area contributed by atoms with E-state index in [0.717, 1.165) is 29.4 Å². The van der Waals surface area contributed by atoms with Crippen LogP contribution in [0.3, 0.4) is 0 Å². The van der Waals surface area contributed by atoms with Crippen molar-refractivity contribution in [2.45, 2.75) is 45.1 Å². The first-order valence-corrected chi connectivity index (χ1v) is 11.0.